The van der Waals surface area contributed by atoms with E-state index < -0.39 is 22.3 Å². The van der Waals surface area contributed by atoms with Gasteiger partial charge in [-0.1, -0.05) is 23.7 Å². The van der Waals surface area contributed by atoms with Gasteiger partial charge in [-0.2, -0.15) is 0 Å². The third kappa shape index (κ3) is 4.52. The van der Waals surface area contributed by atoms with Gasteiger partial charge in [0, 0.05) is 5.69 Å². The Balaban J connectivity index is 1.84. The molecule has 0 aliphatic heterocycles. The highest BCUT2D eigenvalue weighted by Crippen LogP contribution is 2.31. The van der Waals surface area contributed by atoms with Crippen LogP contribution in [0.1, 0.15) is 10.4 Å². The molecular formula is C18H14ClFN6O4. The first-order chi connectivity index (χ1) is 14.4. The number of hydrazine groups is 1. The van der Waals surface area contributed by atoms with Gasteiger partial charge in [-0.3, -0.25) is 25.8 Å². The van der Waals surface area contributed by atoms with E-state index in [1.54, 1.807) is 18.2 Å². The van der Waals surface area contributed by atoms with Gasteiger partial charge in [-0.25, -0.2) is 14.4 Å². The van der Waals surface area contributed by atoms with E-state index in [-0.39, 0.29) is 27.9 Å². The minimum atomic E-state index is -0.731. The summed E-state index contributed by atoms with van der Waals surface area (Å²) in [5, 5.41) is 14.1. The van der Waals surface area contributed by atoms with Crippen molar-refractivity contribution < 1.29 is 18.8 Å². The third-order valence-electron chi connectivity index (χ3n) is 3.83. The lowest BCUT2D eigenvalue weighted by molar-refractivity contribution is -0.383. The topological polar surface area (TPSA) is 131 Å². The van der Waals surface area contributed by atoms with Gasteiger partial charge in [0.1, 0.15) is 17.9 Å². The first-order valence-electron chi connectivity index (χ1n) is 8.31. The van der Waals surface area contributed by atoms with Crippen molar-refractivity contribution in [3.8, 4) is 5.75 Å². The molecule has 0 saturated carbocycles. The minimum absolute atomic E-state index is 0.167. The third-order valence-corrected chi connectivity index (χ3v) is 4.12. The summed E-state index contributed by atoms with van der Waals surface area (Å²) in [7, 11) is 1.41. The zero-order valence-corrected chi connectivity index (χ0v) is 16.1. The van der Waals surface area contributed by atoms with Crippen LogP contribution in [0.4, 0.5) is 27.4 Å². The molecule has 0 radical (unpaired) electrons. The van der Waals surface area contributed by atoms with Gasteiger partial charge in [-0.05, 0) is 30.3 Å². The van der Waals surface area contributed by atoms with E-state index >= 15 is 0 Å². The number of methoxy groups -OCH3 is 1. The van der Waals surface area contributed by atoms with Crippen molar-refractivity contribution in [2.75, 3.05) is 17.9 Å². The van der Waals surface area contributed by atoms with E-state index in [1.807, 2.05) is 0 Å². The second kappa shape index (κ2) is 9.01. The number of ether oxygens (including phenoxy) is 1. The van der Waals surface area contributed by atoms with E-state index in [0.717, 1.165) is 12.4 Å². The lowest BCUT2D eigenvalue weighted by Gasteiger charge is -2.12. The fraction of sp³-hybridized carbons (Fsp3) is 0.0556. The fourth-order valence-electron chi connectivity index (χ4n) is 2.46. The average molecular weight is 433 g/mol. The van der Waals surface area contributed by atoms with Crippen molar-refractivity contribution in [3.05, 3.63) is 75.3 Å². The molecule has 0 atom stereocenters. The van der Waals surface area contributed by atoms with E-state index in [4.69, 9.17) is 16.3 Å². The van der Waals surface area contributed by atoms with E-state index in [0.29, 0.717) is 5.75 Å². The maximum atomic E-state index is 13.3. The number of halogens is 2. The Labute approximate surface area is 174 Å². The molecule has 0 bridgehead atoms. The predicted octanol–water partition coefficient (Wildman–Crippen LogP) is 3.69. The summed E-state index contributed by atoms with van der Waals surface area (Å²) in [6.45, 7) is 0. The van der Waals surface area contributed by atoms with Crippen LogP contribution in [0.5, 0.6) is 5.75 Å². The molecule has 12 heteroatoms. The number of anilines is 3. The second-order valence-electron chi connectivity index (χ2n) is 5.71. The molecule has 3 rings (SSSR count). The van der Waals surface area contributed by atoms with Gasteiger partial charge in [0.2, 0.25) is 11.6 Å². The molecule has 1 heterocycles. The number of amides is 1. The summed E-state index contributed by atoms with van der Waals surface area (Å²) in [5.74, 6) is -1.37. The van der Waals surface area contributed by atoms with Crippen LogP contribution in [0.3, 0.4) is 0 Å². The lowest BCUT2D eigenvalue weighted by Crippen LogP contribution is -2.30. The Kier molecular flexibility index (Phi) is 6.23. The Morgan fingerprint density at radius 2 is 1.93 bits per heavy atom. The second-order valence-corrected chi connectivity index (χ2v) is 6.12. The molecule has 0 saturated heterocycles. The Morgan fingerprint density at radius 1 is 1.20 bits per heavy atom. The quantitative estimate of drug-likeness (QED) is 0.380. The van der Waals surface area contributed by atoms with E-state index in [9.17, 15) is 19.3 Å². The number of benzene rings is 2. The number of nitro groups is 1. The molecule has 0 aliphatic rings. The maximum Gasteiger partial charge on any atom is 0.355 e. The number of aromatic nitrogens is 2. The van der Waals surface area contributed by atoms with E-state index in [2.05, 4.69) is 26.1 Å². The van der Waals surface area contributed by atoms with Crippen LogP contribution in [0.15, 0.2) is 48.8 Å². The van der Waals surface area contributed by atoms with Crippen LogP contribution in [0.2, 0.25) is 5.02 Å². The number of para-hydroxylation sites is 1. The molecule has 2 aromatic carbocycles. The number of nitrogens with zero attached hydrogens (tertiary/aromatic N) is 3. The summed E-state index contributed by atoms with van der Waals surface area (Å²) in [4.78, 5) is 30.9. The zero-order valence-electron chi connectivity index (χ0n) is 15.3. The standard InChI is InChI=1S/C18H14ClFN6O4/c1-30-14-5-3-2-4-11(14)18(27)25-24-17-15(26(28)29)16(21-9-22-17)23-10-6-7-13(20)12(19)8-10/h2-9H,1H3,(H,25,27)(H2,21,22,23,24). The van der Waals surface area contributed by atoms with Crippen LogP contribution < -0.4 is 20.9 Å². The van der Waals surface area contributed by atoms with Gasteiger partial charge < -0.3 is 10.1 Å². The highest BCUT2D eigenvalue weighted by molar-refractivity contribution is 6.31. The SMILES string of the molecule is COc1ccccc1C(=O)NNc1ncnc(Nc2ccc(F)c(Cl)c2)c1[N+](=O)[O-]. The van der Waals surface area contributed by atoms with Crippen molar-refractivity contribution in [3.63, 3.8) is 0 Å². The predicted molar refractivity (Wildman–Crippen MR) is 107 cm³/mol. The van der Waals surface area contributed by atoms with Crippen molar-refractivity contribution in [1.29, 1.82) is 0 Å². The number of nitrogens with one attached hydrogen (secondary N) is 3. The lowest BCUT2D eigenvalue weighted by atomic mass is 10.2. The number of hydrogen-bond acceptors (Lipinski definition) is 8. The Bertz CT molecular complexity index is 1110. The van der Waals surface area contributed by atoms with Crippen molar-refractivity contribution in [2.24, 2.45) is 0 Å². The molecule has 0 spiro atoms. The van der Waals surface area contributed by atoms with Crippen LogP contribution in [0, 0.1) is 15.9 Å². The van der Waals surface area contributed by atoms with Crippen LogP contribution >= 0.6 is 11.6 Å². The van der Waals surface area contributed by atoms with Gasteiger partial charge >= 0.3 is 5.69 Å². The molecule has 30 heavy (non-hydrogen) atoms. The average Bonchev–Trinajstić information content (AvgIpc) is 2.74. The highest BCUT2D eigenvalue weighted by Gasteiger charge is 2.24. The first-order valence-corrected chi connectivity index (χ1v) is 8.69. The number of hydrogen-bond donors (Lipinski definition) is 3. The maximum absolute atomic E-state index is 13.3. The summed E-state index contributed by atoms with van der Waals surface area (Å²) < 4.78 is 18.4. The Hall–Kier alpha value is -3.99. The van der Waals surface area contributed by atoms with Crippen LogP contribution in [-0.4, -0.2) is 27.9 Å². The molecule has 3 N–H and O–H groups in total. The highest BCUT2D eigenvalue weighted by atomic mass is 35.5. The molecule has 1 amide bonds. The molecular weight excluding hydrogens is 419 g/mol. The smallest absolute Gasteiger partial charge is 0.355 e. The van der Waals surface area contributed by atoms with Crippen LogP contribution in [0.25, 0.3) is 0 Å². The van der Waals surface area contributed by atoms with Crippen LogP contribution in [-0.2, 0) is 0 Å². The summed E-state index contributed by atoms with van der Waals surface area (Å²) in [5.41, 5.74) is 4.69. The number of carbonyl (C=O) groups excluding carboxylic acids is 1. The fourth-order valence-corrected chi connectivity index (χ4v) is 2.64. The summed E-state index contributed by atoms with van der Waals surface area (Å²) in [6, 6.07) is 10.1. The number of rotatable bonds is 7. The normalized spacial score (nSPS) is 10.2. The zero-order chi connectivity index (χ0) is 21.7. The summed E-state index contributed by atoms with van der Waals surface area (Å²) >= 11 is 5.73. The monoisotopic (exact) mass is 432 g/mol. The molecule has 1 aromatic heterocycles. The molecule has 154 valence electrons. The summed E-state index contributed by atoms with van der Waals surface area (Å²) in [6.07, 6.45) is 1.05. The number of carbonyl (C=O) groups is 1. The van der Waals surface area contributed by atoms with Crippen molar-refractivity contribution in [1.82, 2.24) is 15.4 Å². The molecule has 10 nitrogen and oxygen atoms in total. The minimum Gasteiger partial charge on any atom is -0.496 e. The van der Waals surface area contributed by atoms with Crippen molar-refractivity contribution >= 4 is 40.5 Å². The van der Waals surface area contributed by atoms with Gasteiger partial charge in [0.25, 0.3) is 5.91 Å². The Morgan fingerprint density at radius 3 is 2.63 bits per heavy atom. The largest absolute Gasteiger partial charge is 0.496 e. The van der Waals surface area contributed by atoms with Gasteiger partial charge in [-0.15, -0.1) is 0 Å². The molecule has 0 fully saturated rings. The van der Waals surface area contributed by atoms with Gasteiger partial charge in [0.15, 0.2) is 0 Å². The molecule has 0 aliphatic carbocycles. The van der Waals surface area contributed by atoms with Gasteiger partial charge in [0.05, 0.1) is 22.6 Å². The molecule has 3 aromatic rings. The first kappa shape index (κ1) is 20.7. The van der Waals surface area contributed by atoms with Crippen molar-refractivity contribution in [2.45, 2.75) is 0 Å². The molecule has 0 unspecified atom stereocenters. The van der Waals surface area contributed by atoms with E-state index in [1.165, 1.54) is 25.3 Å².